The normalized spacial score (nSPS) is 16.9. The van der Waals surface area contributed by atoms with Gasteiger partial charge in [0.25, 0.3) is 0 Å². The second-order valence-corrected chi connectivity index (χ2v) is 2.36. The van der Waals surface area contributed by atoms with Crippen LogP contribution in [0.5, 0.6) is 0 Å². The van der Waals surface area contributed by atoms with Crippen LogP contribution >= 0.6 is 0 Å². The SMILES string of the molecule is O=C[C@H](O)[C@@H](O)[C@H](O)[C@H](O)CO.[Ca+2].[Cl-].[Cl-]. The molecule has 0 aromatic heterocycles. The Labute approximate surface area is 129 Å². The summed E-state index contributed by atoms with van der Waals surface area (Å²) in [7, 11) is 0. The number of aliphatic hydroxyl groups excluding tert-OH is 5. The van der Waals surface area contributed by atoms with Gasteiger partial charge in [0.15, 0.2) is 6.29 Å². The van der Waals surface area contributed by atoms with E-state index >= 15 is 0 Å². The van der Waals surface area contributed by atoms with E-state index in [9.17, 15) is 4.79 Å². The van der Waals surface area contributed by atoms with Crippen LogP contribution in [0.4, 0.5) is 0 Å². The van der Waals surface area contributed by atoms with Gasteiger partial charge in [0, 0.05) is 0 Å². The maximum Gasteiger partial charge on any atom is 2.00 e. The van der Waals surface area contributed by atoms with Gasteiger partial charge in [0.1, 0.15) is 24.4 Å². The second-order valence-electron chi connectivity index (χ2n) is 2.36. The third-order valence-electron chi connectivity index (χ3n) is 1.42. The molecule has 0 spiro atoms. The summed E-state index contributed by atoms with van der Waals surface area (Å²) in [5.74, 6) is 0. The molecule has 0 aromatic carbocycles. The molecule has 15 heavy (non-hydrogen) atoms. The summed E-state index contributed by atoms with van der Waals surface area (Å²) < 4.78 is 0. The number of halogens is 2. The molecule has 0 bridgehead atoms. The molecule has 0 fully saturated rings. The Morgan fingerprint density at radius 2 is 1.40 bits per heavy atom. The Morgan fingerprint density at radius 3 is 1.67 bits per heavy atom. The third-order valence-corrected chi connectivity index (χ3v) is 1.42. The number of rotatable bonds is 5. The zero-order valence-corrected chi connectivity index (χ0v) is 11.4. The zero-order chi connectivity index (χ0) is 9.72. The quantitative estimate of drug-likeness (QED) is 0.254. The minimum Gasteiger partial charge on any atom is -1.00 e. The molecule has 0 radical (unpaired) electrons. The summed E-state index contributed by atoms with van der Waals surface area (Å²) in [6.45, 7) is -0.760. The second kappa shape index (κ2) is 13.4. The van der Waals surface area contributed by atoms with E-state index in [2.05, 4.69) is 0 Å². The fourth-order valence-electron chi connectivity index (χ4n) is 0.618. The van der Waals surface area contributed by atoms with Crippen molar-refractivity contribution in [3.05, 3.63) is 0 Å². The van der Waals surface area contributed by atoms with Crippen molar-refractivity contribution < 1.29 is 55.1 Å². The van der Waals surface area contributed by atoms with Gasteiger partial charge in [0.05, 0.1) is 6.61 Å². The number of aliphatic hydroxyl groups is 5. The minimum absolute atomic E-state index is 0. The Hall–Kier alpha value is 1.31. The van der Waals surface area contributed by atoms with Gasteiger partial charge in [-0.05, 0) is 0 Å². The molecule has 0 aliphatic carbocycles. The summed E-state index contributed by atoms with van der Waals surface area (Å²) in [5, 5.41) is 43.5. The Morgan fingerprint density at radius 1 is 1.00 bits per heavy atom. The predicted molar refractivity (Wildman–Crippen MR) is 42.9 cm³/mol. The van der Waals surface area contributed by atoms with Crippen molar-refractivity contribution in [2.24, 2.45) is 0 Å². The van der Waals surface area contributed by atoms with Crippen LogP contribution in [-0.2, 0) is 4.79 Å². The van der Waals surface area contributed by atoms with E-state index in [0.29, 0.717) is 0 Å². The molecule has 88 valence electrons. The van der Waals surface area contributed by atoms with Crippen molar-refractivity contribution in [3.63, 3.8) is 0 Å². The first-order chi connectivity index (χ1) is 5.54. The van der Waals surface area contributed by atoms with Gasteiger partial charge in [-0.3, -0.25) is 0 Å². The Balaban J connectivity index is -0.000000202. The summed E-state index contributed by atoms with van der Waals surface area (Å²) in [6, 6.07) is 0. The van der Waals surface area contributed by atoms with Crippen molar-refractivity contribution in [1.82, 2.24) is 0 Å². The molecular formula is C6H12CaCl2O6. The average molecular weight is 291 g/mol. The number of carbonyl (C=O) groups is 1. The van der Waals surface area contributed by atoms with Crippen molar-refractivity contribution in [1.29, 1.82) is 0 Å². The van der Waals surface area contributed by atoms with E-state index in [0.717, 1.165) is 0 Å². The maximum atomic E-state index is 9.90. The monoisotopic (exact) mass is 290 g/mol. The van der Waals surface area contributed by atoms with Gasteiger partial charge in [-0.2, -0.15) is 0 Å². The van der Waals surface area contributed by atoms with Crippen LogP contribution in [-0.4, -0.2) is 101 Å². The summed E-state index contributed by atoms with van der Waals surface area (Å²) >= 11 is 0. The van der Waals surface area contributed by atoms with Gasteiger partial charge < -0.3 is 55.1 Å². The topological polar surface area (TPSA) is 118 Å². The number of aldehydes is 1. The third kappa shape index (κ3) is 9.05. The largest absolute Gasteiger partial charge is 2.00 e. The van der Waals surface area contributed by atoms with Crippen LogP contribution < -0.4 is 24.8 Å². The summed E-state index contributed by atoms with van der Waals surface area (Å²) in [5.41, 5.74) is 0. The van der Waals surface area contributed by atoms with E-state index < -0.39 is 31.0 Å². The Kier molecular flexibility index (Phi) is 22.5. The van der Waals surface area contributed by atoms with Gasteiger partial charge in [-0.1, -0.05) is 0 Å². The van der Waals surface area contributed by atoms with Crippen LogP contribution in [0.1, 0.15) is 0 Å². The first-order valence-electron chi connectivity index (χ1n) is 3.33. The van der Waals surface area contributed by atoms with Crippen LogP contribution in [0.3, 0.4) is 0 Å². The molecule has 0 amide bonds. The smallest absolute Gasteiger partial charge is 1.00 e. The fourth-order valence-corrected chi connectivity index (χ4v) is 0.618. The minimum atomic E-state index is -1.79. The summed E-state index contributed by atoms with van der Waals surface area (Å²) in [4.78, 5) is 9.90. The maximum absolute atomic E-state index is 9.90. The molecule has 6 nitrogen and oxygen atoms in total. The molecule has 0 aliphatic heterocycles. The predicted octanol–water partition coefficient (Wildman–Crippen LogP) is -9.75. The molecule has 0 aliphatic rings. The number of hydrogen-bond acceptors (Lipinski definition) is 6. The van der Waals surface area contributed by atoms with Crippen molar-refractivity contribution in [2.45, 2.75) is 24.4 Å². The number of carbonyl (C=O) groups excluding carboxylic acids is 1. The van der Waals surface area contributed by atoms with Crippen LogP contribution in [0, 0.1) is 0 Å². The molecule has 0 aromatic rings. The first-order valence-corrected chi connectivity index (χ1v) is 3.33. The Bertz CT molecular complexity index is 152. The van der Waals surface area contributed by atoms with Crippen LogP contribution in [0.15, 0.2) is 0 Å². The van der Waals surface area contributed by atoms with Gasteiger partial charge in [-0.15, -0.1) is 0 Å². The number of hydrogen-bond donors (Lipinski definition) is 5. The molecule has 4 atom stereocenters. The van der Waals surface area contributed by atoms with E-state index in [-0.39, 0.29) is 68.8 Å². The van der Waals surface area contributed by atoms with E-state index in [1.54, 1.807) is 0 Å². The van der Waals surface area contributed by atoms with Gasteiger partial charge in [0.2, 0.25) is 0 Å². The molecule has 0 rings (SSSR count). The molecule has 0 heterocycles. The van der Waals surface area contributed by atoms with Crippen molar-refractivity contribution in [2.75, 3.05) is 6.61 Å². The summed E-state index contributed by atoms with van der Waals surface area (Å²) in [6.07, 6.45) is -6.84. The van der Waals surface area contributed by atoms with E-state index in [1.165, 1.54) is 0 Å². The van der Waals surface area contributed by atoms with Crippen molar-refractivity contribution >= 4 is 44.0 Å². The van der Waals surface area contributed by atoms with Crippen LogP contribution in [0.2, 0.25) is 0 Å². The van der Waals surface area contributed by atoms with Gasteiger partial charge >= 0.3 is 37.7 Å². The molecule has 5 N–H and O–H groups in total. The molecule has 0 saturated heterocycles. The van der Waals surface area contributed by atoms with Crippen LogP contribution in [0.25, 0.3) is 0 Å². The zero-order valence-electron chi connectivity index (χ0n) is 7.70. The van der Waals surface area contributed by atoms with Crippen molar-refractivity contribution in [3.8, 4) is 0 Å². The van der Waals surface area contributed by atoms with Gasteiger partial charge in [-0.25, -0.2) is 0 Å². The molecule has 9 heteroatoms. The average Bonchev–Trinajstić information content (AvgIpc) is 2.12. The molecular weight excluding hydrogens is 279 g/mol. The fraction of sp³-hybridized carbons (Fsp3) is 0.833. The first kappa shape index (κ1) is 25.2. The van der Waals surface area contributed by atoms with E-state index in [1.807, 2.05) is 0 Å². The standard InChI is InChI=1S/C6H12O6.Ca.2ClH/c7-1-3(9)5(11)6(12)4(10)2-8;;;/h1,3-6,8-12H,2H2;;2*1H/q;+2;;/p-2/t3-,4+,5+,6+;;;/m0.../s1. The van der Waals surface area contributed by atoms with E-state index in [4.69, 9.17) is 25.5 Å². The molecule has 0 unspecified atom stereocenters. The molecule has 0 saturated carbocycles.